The predicted octanol–water partition coefficient (Wildman–Crippen LogP) is 6.96. The Morgan fingerprint density at radius 3 is 2.47 bits per heavy atom. The van der Waals surface area contributed by atoms with Crippen LogP contribution in [0.3, 0.4) is 0 Å². The van der Waals surface area contributed by atoms with E-state index in [1.165, 1.54) is 11.1 Å². The van der Waals surface area contributed by atoms with Crippen molar-refractivity contribution in [3.63, 3.8) is 0 Å². The first-order valence-electron chi connectivity index (χ1n) is 9.52. The molecule has 2 aromatic carbocycles. The molecule has 0 spiro atoms. The van der Waals surface area contributed by atoms with Crippen LogP contribution in [0.5, 0.6) is 0 Å². The van der Waals surface area contributed by atoms with Crippen molar-refractivity contribution in [2.45, 2.75) is 27.7 Å². The molecule has 0 aliphatic rings. The molecule has 0 atom stereocenters. The quantitative estimate of drug-likeness (QED) is 0.354. The molecule has 150 valence electrons. The highest BCUT2D eigenvalue weighted by molar-refractivity contribution is 6.42. The molecule has 0 bridgehead atoms. The van der Waals surface area contributed by atoms with E-state index in [1.54, 1.807) is 6.07 Å². The van der Waals surface area contributed by atoms with Crippen LogP contribution in [-0.4, -0.2) is 14.5 Å². The van der Waals surface area contributed by atoms with Crippen molar-refractivity contribution in [2.75, 3.05) is 0 Å². The maximum Gasteiger partial charge on any atom is 0.149 e. The summed E-state index contributed by atoms with van der Waals surface area (Å²) in [6.45, 7) is 8.16. The third-order valence-electron chi connectivity index (χ3n) is 5.40. The lowest BCUT2D eigenvalue weighted by molar-refractivity contribution is 0.965. The lowest BCUT2D eigenvalue weighted by Gasteiger charge is -2.10. The lowest BCUT2D eigenvalue weighted by atomic mass is 10.1. The van der Waals surface area contributed by atoms with Crippen LogP contribution in [0.4, 0.5) is 0 Å². The van der Waals surface area contributed by atoms with Crippen molar-refractivity contribution in [3.8, 4) is 11.8 Å². The normalized spacial score (nSPS) is 11.8. The number of fused-ring (bicyclic) bond motifs is 1. The average molecular weight is 435 g/mol. The van der Waals surface area contributed by atoms with Gasteiger partial charge in [-0.15, -0.1) is 0 Å². The smallest absolute Gasteiger partial charge is 0.149 e. The van der Waals surface area contributed by atoms with Crippen LogP contribution in [0.25, 0.3) is 28.4 Å². The number of nitrogens with one attached hydrogen (secondary N) is 1. The molecule has 0 radical (unpaired) electrons. The topological polar surface area (TPSA) is 57.4 Å². The molecule has 0 amide bonds. The van der Waals surface area contributed by atoms with Crippen LogP contribution < -0.4 is 0 Å². The second kappa shape index (κ2) is 7.68. The number of H-pyrrole nitrogens is 1. The van der Waals surface area contributed by atoms with E-state index < -0.39 is 0 Å². The number of rotatable bonds is 3. The summed E-state index contributed by atoms with van der Waals surface area (Å²) < 4.78 is 2.09. The van der Waals surface area contributed by atoms with E-state index in [0.29, 0.717) is 21.4 Å². The number of hydrogen-bond acceptors (Lipinski definition) is 2. The Labute approximate surface area is 185 Å². The number of allylic oxidation sites excluding steroid dienone is 1. The SMILES string of the molecule is Cc1cc2nc(/C(C#N)=C\c3cc(C)n(-c4ccc(Cl)c(Cl)c4)c3C)[nH]c2cc1C. The van der Waals surface area contributed by atoms with Gasteiger partial charge in [0.05, 0.1) is 26.7 Å². The molecule has 6 heteroatoms. The van der Waals surface area contributed by atoms with E-state index in [4.69, 9.17) is 23.2 Å². The fourth-order valence-electron chi connectivity index (χ4n) is 3.66. The molecule has 0 saturated carbocycles. The molecule has 0 aliphatic carbocycles. The minimum atomic E-state index is 0.482. The van der Waals surface area contributed by atoms with Gasteiger partial charge in [-0.25, -0.2) is 4.98 Å². The molecule has 1 N–H and O–H groups in total. The van der Waals surface area contributed by atoms with E-state index in [1.807, 2.05) is 44.2 Å². The van der Waals surface area contributed by atoms with Crippen molar-refractivity contribution in [1.82, 2.24) is 14.5 Å². The van der Waals surface area contributed by atoms with Gasteiger partial charge >= 0.3 is 0 Å². The van der Waals surface area contributed by atoms with Crippen LogP contribution in [0.2, 0.25) is 10.0 Å². The lowest BCUT2D eigenvalue weighted by Crippen LogP contribution is -1.99. The summed E-state index contributed by atoms with van der Waals surface area (Å²) in [5.41, 5.74) is 8.53. The number of halogens is 2. The molecule has 0 unspecified atom stereocenters. The Bertz CT molecular complexity index is 1330. The van der Waals surface area contributed by atoms with Gasteiger partial charge in [0.1, 0.15) is 11.9 Å². The minimum absolute atomic E-state index is 0.482. The molecule has 0 fully saturated rings. The average Bonchev–Trinajstić information content (AvgIpc) is 3.22. The fraction of sp³-hybridized carbons (Fsp3) is 0.167. The first-order valence-corrected chi connectivity index (χ1v) is 10.3. The highest BCUT2D eigenvalue weighted by atomic mass is 35.5. The zero-order valence-electron chi connectivity index (χ0n) is 17.1. The van der Waals surface area contributed by atoms with Crippen molar-refractivity contribution >= 4 is 45.9 Å². The van der Waals surface area contributed by atoms with E-state index >= 15 is 0 Å². The van der Waals surface area contributed by atoms with Crippen LogP contribution in [0.1, 0.15) is 33.9 Å². The van der Waals surface area contributed by atoms with Gasteiger partial charge in [0.2, 0.25) is 0 Å². The Balaban J connectivity index is 1.80. The minimum Gasteiger partial charge on any atom is -0.337 e. The summed E-state index contributed by atoms with van der Waals surface area (Å²) in [6.07, 6.45) is 1.87. The number of aromatic nitrogens is 3. The maximum atomic E-state index is 9.81. The molecule has 4 aromatic rings. The van der Waals surface area contributed by atoms with Crippen LogP contribution in [0, 0.1) is 39.0 Å². The van der Waals surface area contributed by atoms with Crippen molar-refractivity contribution < 1.29 is 0 Å². The summed E-state index contributed by atoms with van der Waals surface area (Å²) in [5, 5.41) is 10.8. The molecule has 30 heavy (non-hydrogen) atoms. The molecule has 4 nitrogen and oxygen atoms in total. The van der Waals surface area contributed by atoms with E-state index in [9.17, 15) is 5.26 Å². The summed E-state index contributed by atoms with van der Waals surface area (Å²) in [5.74, 6) is 0.567. The largest absolute Gasteiger partial charge is 0.337 e. The molecular weight excluding hydrogens is 415 g/mol. The van der Waals surface area contributed by atoms with Crippen molar-refractivity contribution in [3.05, 3.63) is 80.3 Å². The molecule has 2 aromatic heterocycles. The molecule has 0 saturated heterocycles. The molecule has 4 rings (SSSR count). The number of aromatic amines is 1. The van der Waals surface area contributed by atoms with Crippen molar-refractivity contribution in [2.24, 2.45) is 0 Å². The summed E-state index contributed by atoms with van der Waals surface area (Å²) in [4.78, 5) is 7.92. The number of nitrogens with zero attached hydrogens (tertiary/aromatic N) is 3. The van der Waals surface area contributed by atoms with Gasteiger partial charge < -0.3 is 9.55 Å². The van der Waals surface area contributed by atoms with Crippen LogP contribution in [0.15, 0.2) is 36.4 Å². The predicted molar refractivity (Wildman–Crippen MR) is 124 cm³/mol. The Hall–Kier alpha value is -3.00. The Morgan fingerprint density at radius 2 is 1.77 bits per heavy atom. The second-order valence-corrected chi connectivity index (χ2v) is 8.28. The monoisotopic (exact) mass is 434 g/mol. The summed E-state index contributed by atoms with van der Waals surface area (Å²) >= 11 is 12.3. The second-order valence-electron chi connectivity index (χ2n) is 7.47. The first kappa shape index (κ1) is 20.3. The van der Waals surface area contributed by atoms with E-state index in [2.05, 4.69) is 40.5 Å². The Morgan fingerprint density at radius 1 is 1.03 bits per heavy atom. The van der Waals surface area contributed by atoms with Gasteiger partial charge in [-0.1, -0.05) is 23.2 Å². The number of aryl methyl sites for hydroxylation is 3. The maximum absolute atomic E-state index is 9.81. The van der Waals surface area contributed by atoms with Crippen molar-refractivity contribution in [1.29, 1.82) is 5.26 Å². The standard InChI is InChI=1S/C24H20Cl2N4/c1-13-7-22-23(8-14(13)2)29-24(28-22)18(12-27)10-17-9-15(3)30(16(17)4)19-5-6-20(25)21(26)11-19/h5-11H,1-4H3,(H,28,29)/b18-10-. The van der Waals surface area contributed by atoms with Gasteiger partial charge in [0.25, 0.3) is 0 Å². The molecule has 2 heterocycles. The highest BCUT2D eigenvalue weighted by Gasteiger charge is 2.14. The third-order valence-corrected chi connectivity index (χ3v) is 6.14. The van der Waals surface area contributed by atoms with Gasteiger partial charge in [-0.3, -0.25) is 0 Å². The molecule has 0 aliphatic heterocycles. The van der Waals surface area contributed by atoms with Gasteiger partial charge in [0, 0.05) is 17.1 Å². The number of imidazole rings is 1. The highest BCUT2D eigenvalue weighted by Crippen LogP contribution is 2.29. The molecular formula is C24H20Cl2N4. The number of benzene rings is 2. The number of hydrogen-bond donors (Lipinski definition) is 1. The third kappa shape index (κ3) is 3.52. The number of nitriles is 1. The Kier molecular flexibility index (Phi) is 5.19. The first-order chi connectivity index (χ1) is 14.3. The summed E-state index contributed by atoms with van der Waals surface area (Å²) in [7, 11) is 0. The van der Waals surface area contributed by atoms with Gasteiger partial charge in [0.15, 0.2) is 0 Å². The zero-order chi connectivity index (χ0) is 21.6. The van der Waals surface area contributed by atoms with Gasteiger partial charge in [-0.2, -0.15) is 5.26 Å². The summed E-state index contributed by atoms with van der Waals surface area (Å²) in [6, 6.07) is 14.0. The zero-order valence-corrected chi connectivity index (χ0v) is 18.7. The van der Waals surface area contributed by atoms with E-state index in [0.717, 1.165) is 33.7 Å². The van der Waals surface area contributed by atoms with Gasteiger partial charge in [-0.05, 0) is 86.9 Å². The van der Waals surface area contributed by atoms with Crippen LogP contribution >= 0.6 is 23.2 Å². The van der Waals surface area contributed by atoms with E-state index in [-0.39, 0.29) is 0 Å². The fourth-order valence-corrected chi connectivity index (χ4v) is 3.95. The van der Waals surface area contributed by atoms with Crippen LogP contribution in [-0.2, 0) is 0 Å².